The summed E-state index contributed by atoms with van der Waals surface area (Å²) in [5, 5.41) is 32.3. The highest BCUT2D eigenvalue weighted by molar-refractivity contribution is 5.67. The molecule has 25 heavy (non-hydrogen) atoms. The number of hydrogen-bond acceptors (Lipinski definition) is 5. The molecule has 140 valence electrons. The van der Waals surface area contributed by atoms with E-state index in [9.17, 15) is 19.9 Å². The number of aliphatic hydroxyl groups is 2. The first-order valence-electron chi connectivity index (χ1n) is 9.12. The molecule has 0 aromatic rings. The number of aliphatic hydroxyl groups excluding tert-OH is 2. The molecule has 2 aliphatic carbocycles. The highest BCUT2D eigenvalue weighted by atomic mass is 16.4. The maximum atomic E-state index is 10.7. The van der Waals surface area contributed by atoms with E-state index in [2.05, 4.69) is 37.3 Å². The number of carboxylic acids is 1. The number of rotatable bonds is 8. The van der Waals surface area contributed by atoms with Gasteiger partial charge < -0.3 is 15.3 Å². The van der Waals surface area contributed by atoms with Crippen molar-refractivity contribution in [2.24, 2.45) is 28.8 Å². The first-order valence-corrected chi connectivity index (χ1v) is 9.12. The molecule has 0 heterocycles. The van der Waals surface area contributed by atoms with Crippen LogP contribution in [0.3, 0.4) is 0 Å². The van der Waals surface area contributed by atoms with E-state index in [1.807, 2.05) is 0 Å². The van der Waals surface area contributed by atoms with Crippen LogP contribution >= 0.6 is 0 Å². The quantitative estimate of drug-likeness (QED) is 0.583. The van der Waals surface area contributed by atoms with Crippen LogP contribution in [0.4, 0.5) is 0 Å². The van der Waals surface area contributed by atoms with Crippen molar-refractivity contribution in [3.63, 3.8) is 0 Å². The smallest absolute Gasteiger partial charge is 0.305 e. The van der Waals surface area contributed by atoms with Crippen LogP contribution in [-0.4, -0.2) is 39.5 Å². The summed E-state index contributed by atoms with van der Waals surface area (Å²) in [6, 6.07) is -0.896. The Morgan fingerprint density at radius 2 is 2.12 bits per heavy atom. The summed E-state index contributed by atoms with van der Waals surface area (Å²) in [5.41, 5.74) is 1.18. The van der Waals surface area contributed by atoms with Crippen molar-refractivity contribution in [3.05, 3.63) is 28.7 Å². The second kappa shape index (κ2) is 8.72. The second-order valence-electron chi connectivity index (χ2n) is 7.68. The predicted molar refractivity (Wildman–Crippen MR) is 94.8 cm³/mol. The van der Waals surface area contributed by atoms with E-state index in [0.29, 0.717) is 18.3 Å². The molecular weight excluding hydrogens is 322 g/mol. The molecule has 0 saturated carbocycles. The number of nitroso groups, excluding NO2 is 1. The Hall–Kier alpha value is -1.53. The first kappa shape index (κ1) is 19.8. The van der Waals surface area contributed by atoms with Crippen LogP contribution in [0.1, 0.15) is 46.0 Å². The van der Waals surface area contributed by atoms with Crippen molar-refractivity contribution in [1.29, 1.82) is 0 Å². The number of allylic oxidation sites excluding steroid dienone is 3. The maximum Gasteiger partial charge on any atom is 0.305 e. The molecule has 0 radical (unpaired) electrons. The molecule has 0 amide bonds. The Labute approximate surface area is 148 Å². The van der Waals surface area contributed by atoms with Crippen molar-refractivity contribution >= 4 is 5.97 Å². The number of aliphatic carboxylic acids is 1. The van der Waals surface area contributed by atoms with Gasteiger partial charge in [0.2, 0.25) is 0 Å². The number of fused-ring (bicyclic) bond motifs is 1. The topological polar surface area (TPSA) is 107 Å². The van der Waals surface area contributed by atoms with Gasteiger partial charge in [0.05, 0.1) is 18.6 Å². The summed E-state index contributed by atoms with van der Waals surface area (Å²) in [4.78, 5) is 21.4. The van der Waals surface area contributed by atoms with E-state index in [4.69, 9.17) is 5.11 Å². The summed E-state index contributed by atoms with van der Waals surface area (Å²) in [5.74, 6) is -0.104. The molecule has 7 atom stereocenters. The average molecular weight is 351 g/mol. The van der Waals surface area contributed by atoms with Gasteiger partial charge in [-0.05, 0) is 49.0 Å². The maximum absolute atomic E-state index is 10.7. The Bertz CT molecular complexity index is 544. The van der Waals surface area contributed by atoms with E-state index in [1.165, 1.54) is 5.57 Å². The molecule has 0 saturated heterocycles. The van der Waals surface area contributed by atoms with Crippen molar-refractivity contribution in [1.82, 2.24) is 0 Å². The van der Waals surface area contributed by atoms with Gasteiger partial charge in [-0.25, -0.2) is 0 Å². The molecule has 0 bridgehead atoms. The van der Waals surface area contributed by atoms with E-state index >= 15 is 0 Å². The highest BCUT2D eigenvalue weighted by Crippen LogP contribution is 2.43. The molecule has 2 rings (SSSR count). The lowest BCUT2D eigenvalue weighted by atomic mass is 9.65. The van der Waals surface area contributed by atoms with Crippen LogP contribution in [0.2, 0.25) is 0 Å². The second-order valence-corrected chi connectivity index (χ2v) is 7.68. The summed E-state index contributed by atoms with van der Waals surface area (Å²) >= 11 is 0. The van der Waals surface area contributed by atoms with Crippen LogP contribution in [0.15, 0.2) is 29.0 Å². The van der Waals surface area contributed by atoms with Gasteiger partial charge in [-0.3, -0.25) is 4.79 Å². The minimum atomic E-state index is -1.09. The third kappa shape index (κ3) is 5.22. The minimum absolute atomic E-state index is 0.0691. The largest absolute Gasteiger partial charge is 0.481 e. The highest BCUT2D eigenvalue weighted by Gasteiger charge is 2.38. The Morgan fingerprint density at radius 1 is 1.40 bits per heavy atom. The summed E-state index contributed by atoms with van der Waals surface area (Å²) in [6.45, 7) is 4.22. The fourth-order valence-corrected chi connectivity index (χ4v) is 4.31. The first-order chi connectivity index (χ1) is 11.8. The van der Waals surface area contributed by atoms with Crippen molar-refractivity contribution in [2.75, 3.05) is 0 Å². The molecule has 2 aliphatic rings. The molecule has 3 N–H and O–H groups in total. The molecule has 0 aliphatic heterocycles. The van der Waals surface area contributed by atoms with Crippen molar-refractivity contribution in [3.8, 4) is 0 Å². The SMILES string of the molecule is CC1C=CC2=C[C@H](C)C[C@H](O)C2C1CC[C@@H](O)CC(CC(=O)O)N=O. The Balaban J connectivity index is 1.96. The normalized spacial score (nSPS) is 33.9. The third-order valence-electron chi connectivity index (χ3n) is 5.56. The Kier molecular flexibility index (Phi) is 6.90. The molecule has 6 heteroatoms. The summed E-state index contributed by atoms with van der Waals surface area (Å²) in [7, 11) is 0. The zero-order valence-corrected chi connectivity index (χ0v) is 14.9. The fourth-order valence-electron chi connectivity index (χ4n) is 4.31. The van der Waals surface area contributed by atoms with Crippen LogP contribution < -0.4 is 0 Å². The van der Waals surface area contributed by atoms with Gasteiger partial charge in [-0.15, -0.1) is 0 Å². The van der Waals surface area contributed by atoms with Gasteiger partial charge in [-0.1, -0.05) is 37.3 Å². The summed E-state index contributed by atoms with van der Waals surface area (Å²) < 4.78 is 0. The van der Waals surface area contributed by atoms with E-state index in [-0.39, 0.29) is 30.8 Å². The van der Waals surface area contributed by atoms with E-state index < -0.39 is 18.1 Å². The number of carbonyl (C=O) groups is 1. The van der Waals surface area contributed by atoms with Gasteiger partial charge in [-0.2, -0.15) is 4.91 Å². The minimum Gasteiger partial charge on any atom is -0.481 e. The number of carboxylic acid groups (broad SMARTS) is 1. The van der Waals surface area contributed by atoms with Gasteiger partial charge in [0.25, 0.3) is 0 Å². The van der Waals surface area contributed by atoms with Gasteiger partial charge in [0.15, 0.2) is 0 Å². The molecule has 6 nitrogen and oxygen atoms in total. The van der Waals surface area contributed by atoms with E-state index in [1.54, 1.807) is 0 Å². The van der Waals surface area contributed by atoms with Crippen LogP contribution in [0.5, 0.6) is 0 Å². The lowest BCUT2D eigenvalue weighted by molar-refractivity contribution is -0.137. The lowest BCUT2D eigenvalue weighted by Gasteiger charge is -2.41. The average Bonchev–Trinajstić information content (AvgIpc) is 2.53. The molecule has 0 fully saturated rings. The van der Waals surface area contributed by atoms with Crippen LogP contribution in [0, 0.1) is 28.6 Å². The van der Waals surface area contributed by atoms with Crippen LogP contribution in [0.25, 0.3) is 0 Å². The fraction of sp³-hybridized carbons (Fsp3) is 0.737. The standard InChI is InChI=1S/C19H29NO5/c1-11-7-13-4-3-12(2)16(19(13)17(22)8-11)6-5-15(21)9-14(20-25)10-18(23)24/h3-4,7,11-12,14-17,19,21-22H,5-6,8-10H2,1-2H3,(H,23,24)/t11-,12?,14?,15+,16?,17-,19?/m0/s1. The number of nitrogens with zero attached hydrogens (tertiary/aromatic N) is 1. The molecule has 0 aromatic heterocycles. The summed E-state index contributed by atoms with van der Waals surface area (Å²) in [6.07, 6.45) is 7.03. The zero-order valence-electron chi connectivity index (χ0n) is 14.9. The molecule has 0 aromatic carbocycles. The molecular formula is C19H29NO5. The van der Waals surface area contributed by atoms with Crippen molar-refractivity contribution < 1.29 is 20.1 Å². The monoisotopic (exact) mass is 351 g/mol. The van der Waals surface area contributed by atoms with Crippen molar-refractivity contribution in [2.45, 2.75) is 64.2 Å². The van der Waals surface area contributed by atoms with Crippen LogP contribution in [-0.2, 0) is 4.79 Å². The van der Waals surface area contributed by atoms with E-state index in [0.717, 1.165) is 12.8 Å². The van der Waals surface area contributed by atoms with Gasteiger partial charge >= 0.3 is 5.97 Å². The third-order valence-corrected chi connectivity index (χ3v) is 5.56. The molecule has 0 spiro atoms. The Morgan fingerprint density at radius 3 is 2.76 bits per heavy atom. The molecule has 4 unspecified atom stereocenters. The van der Waals surface area contributed by atoms with Gasteiger partial charge in [0, 0.05) is 5.92 Å². The zero-order chi connectivity index (χ0) is 18.6. The number of hydrogen-bond donors (Lipinski definition) is 3. The van der Waals surface area contributed by atoms with Gasteiger partial charge in [0.1, 0.15) is 6.04 Å². The lowest BCUT2D eigenvalue weighted by Crippen LogP contribution is -2.38. The predicted octanol–water partition coefficient (Wildman–Crippen LogP) is 2.89.